The molecule has 0 atom stereocenters. The maximum Gasteiger partial charge on any atom is 0.354 e. The first-order valence-electron chi connectivity index (χ1n) is 7.18. The summed E-state index contributed by atoms with van der Waals surface area (Å²) in [5.41, 5.74) is 0.0716. The fraction of sp³-hybridized carbons (Fsp3) is 0.533. The molecule has 0 unspecified atom stereocenters. The lowest BCUT2D eigenvalue weighted by molar-refractivity contribution is 0.0690. The molecule has 0 aromatic carbocycles. The molecular weight excluding hydrogens is 256 g/mol. The van der Waals surface area contributed by atoms with Crippen molar-refractivity contribution in [2.24, 2.45) is 0 Å². The molecule has 108 valence electrons. The summed E-state index contributed by atoms with van der Waals surface area (Å²) in [6.45, 7) is 0. The van der Waals surface area contributed by atoms with Crippen LogP contribution >= 0.6 is 0 Å². The van der Waals surface area contributed by atoms with Gasteiger partial charge in [0.15, 0.2) is 0 Å². The zero-order chi connectivity index (χ0) is 14.4. The lowest BCUT2D eigenvalue weighted by Crippen LogP contribution is -2.35. The average Bonchev–Trinajstić information content (AvgIpc) is 2.41. The number of carboxylic acids is 1. The third-order valence-corrected chi connectivity index (χ3v) is 3.64. The summed E-state index contributed by atoms with van der Waals surface area (Å²) in [5.74, 6) is -1.40. The number of carboxylic acid groups (broad SMARTS) is 1. The van der Waals surface area contributed by atoms with Gasteiger partial charge in [0.25, 0.3) is 5.91 Å². The highest BCUT2D eigenvalue weighted by Crippen LogP contribution is 2.17. The molecule has 20 heavy (non-hydrogen) atoms. The number of hydrogen-bond acceptors (Lipinski definition) is 3. The molecular formula is C15H20N2O3. The molecule has 0 bridgehead atoms. The Bertz CT molecular complexity index is 480. The van der Waals surface area contributed by atoms with E-state index < -0.39 is 5.97 Å². The van der Waals surface area contributed by atoms with Gasteiger partial charge in [-0.25, -0.2) is 9.78 Å². The zero-order valence-electron chi connectivity index (χ0n) is 11.5. The SMILES string of the molecule is O=C(O)c1cccc(C(=O)NC2CCCCCCC2)n1. The molecule has 1 aromatic rings. The second-order valence-electron chi connectivity index (χ2n) is 5.23. The van der Waals surface area contributed by atoms with Crippen molar-refractivity contribution in [1.29, 1.82) is 0 Å². The monoisotopic (exact) mass is 276 g/mol. The predicted octanol–water partition coefficient (Wildman–Crippen LogP) is 2.62. The molecule has 1 amide bonds. The van der Waals surface area contributed by atoms with E-state index in [0.29, 0.717) is 0 Å². The van der Waals surface area contributed by atoms with Gasteiger partial charge in [0.2, 0.25) is 0 Å². The molecule has 1 aromatic heterocycles. The van der Waals surface area contributed by atoms with Gasteiger partial charge in [-0.1, -0.05) is 38.2 Å². The first-order chi connectivity index (χ1) is 9.66. The fourth-order valence-corrected chi connectivity index (χ4v) is 2.54. The minimum atomic E-state index is -1.12. The molecule has 0 saturated heterocycles. The number of nitrogens with one attached hydrogen (secondary N) is 1. The lowest BCUT2D eigenvalue weighted by Gasteiger charge is -2.20. The van der Waals surface area contributed by atoms with Crippen LogP contribution in [0.3, 0.4) is 0 Å². The minimum Gasteiger partial charge on any atom is -0.477 e. The first-order valence-corrected chi connectivity index (χ1v) is 7.18. The maximum atomic E-state index is 12.1. The van der Waals surface area contributed by atoms with Crippen molar-refractivity contribution in [3.63, 3.8) is 0 Å². The summed E-state index contributed by atoms with van der Waals surface area (Å²) in [5, 5.41) is 11.9. The molecule has 1 aliphatic rings. The van der Waals surface area contributed by atoms with Crippen molar-refractivity contribution < 1.29 is 14.7 Å². The minimum absolute atomic E-state index is 0.102. The second kappa shape index (κ2) is 7.03. The summed E-state index contributed by atoms with van der Waals surface area (Å²) >= 11 is 0. The van der Waals surface area contributed by atoms with Gasteiger partial charge in [-0.3, -0.25) is 4.79 Å². The highest BCUT2D eigenvalue weighted by atomic mass is 16.4. The molecule has 0 spiro atoms. The maximum absolute atomic E-state index is 12.1. The molecule has 0 radical (unpaired) electrons. The number of hydrogen-bond donors (Lipinski definition) is 2. The highest BCUT2D eigenvalue weighted by Gasteiger charge is 2.17. The van der Waals surface area contributed by atoms with Gasteiger partial charge in [0, 0.05) is 6.04 Å². The normalized spacial score (nSPS) is 17.0. The second-order valence-corrected chi connectivity index (χ2v) is 5.23. The summed E-state index contributed by atoms with van der Waals surface area (Å²) < 4.78 is 0. The Kier molecular flexibility index (Phi) is 5.09. The highest BCUT2D eigenvalue weighted by molar-refractivity contribution is 5.94. The van der Waals surface area contributed by atoms with Crippen LogP contribution in [-0.2, 0) is 0 Å². The van der Waals surface area contributed by atoms with Gasteiger partial charge in [-0.15, -0.1) is 0 Å². The van der Waals surface area contributed by atoms with Crippen LogP contribution in [-0.4, -0.2) is 28.0 Å². The molecule has 1 aliphatic carbocycles. The number of aromatic nitrogens is 1. The number of rotatable bonds is 3. The molecule has 1 fully saturated rings. The third-order valence-electron chi connectivity index (χ3n) is 3.64. The smallest absolute Gasteiger partial charge is 0.354 e. The van der Waals surface area contributed by atoms with E-state index in [0.717, 1.165) is 25.7 Å². The Balaban J connectivity index is 1.99. The van der Waals surface area contributed by atoms with Crippen LogP contribution in [0, 0.1) is 0 Å². The quantitative estimate of drug-likeness (QED) is 0.889. The van der Waals surface area contributed by atoms with E-state index in [-0.39, 0.29) is 23.3 Å². The summed E-state index contributed by atoms with van der Waals surface area (Å²) in [4.78, 5) is 26.8. The van der Waals surface area contributed by atoms with Crippen LogP contribution in [0.25, 0.3) is 0 Å². The number of nitrogens with zero attached hydrogens (tertiary/aromatic N) is 1. The number of carbonyl (C=O) groups excluding carboxylic acids is 1. The molecule has 1 saturated carbocycles. The van der Waals surface area contributed by atoms with Crippen molar-refractivity contribution in [2.45, 2.75) is 51.0 Å². The van der Waals surface area contributed by atoms with E-state index in [1.807, 2.05) is 0 Å². The average molecular weight is 276 g/mol. The molecule has 0 aliphatic heterocycles. The van der Waals surface area contributed by atoms with Crippen LogP contribution in [0.2, 0.25) is 0 Å². The van der Waals surface area contributed by atoms with Crippen LogP contribution in [0.4, 0.5) is 0 Å². The number of pyridine rings is 1. The van der Waals surface area contributed by atoms with Gasteiger partial charge in [-0.2, -0.15) is 0 Å². The van der Waals surface area contributed by atoms with Crippen LogP contribution in [0.5, 0.6) is 0 Å². The third kappa shape index (κ3) is 4.05. The molecule has 1 heterocycles. The molecule has 5 heteroatoms. The Labute approximate surface area is 118 Å². The van der Waals surface area contributed by atoms with Crippen molar-refractivity contribution in [3.05, 3.63) is 29.6 Å². The first kappa shape index (κ1) is 14.5. The summed E-state index contributed by atoms with van der Waals surface area (Å²) in [7, 11) is 0. The van der Waals surface area contributed by atoms with Gasteiger partial charge >= 0.3 is 5.97 Å². The Hall–Kier alpha value is -1.91. The number of carbonyl (C=O) groups is 2. The zero-order valence-corrected chi connectivity index (χ0v) is 11.5. The molecule has 5 nitrogen and oxygen atoms in total. The van der Waals surface area contributed by atoms with E-state index in [4.69, 9.17) is 5.11 Å². The van der Waals surface area contributed by atoms with Crippen LogP contribution in [0.15, 0.2) is 18.2 Å². The van der Waals surface area contributed by atoms with Crippen LogP contribution in [0.1, 0.15) is 65.9 Å². The largest absolute Gasteiger partial charge is 0.477 e. The van der Waals surface area contributed by atoms with E-state index in [2.05, 4.69) is 10.3 Å². The van der Waals surface area contributed by atoms with Crippen molar-refractivity contribution >= 4 is 11.9 Å². The van der Waals surface area contributed by atoms with Crippen LogP contribution < -0.4 is 5.32 Å². The molecule has 2 N–H and O–H groups in total. The fourth-order valence-electron chi connectivity index (χ4n) is 2.54. The van der Waals surface area contributed by atoms with Crippen molar-refractivity contribution in [2.75, 3.05) is 0 Å². The Morgan fingerprint density at radius 3 is 2.30 bits per heavy atom. The predicted molar refractivity (Wildman–Crippen MR) is 74.8 cm³/mol. The van der Waals surface area contributed by atoms with E-state index in [1.54, 1.807) is 12.1 Å². The van der Waals surface area contributed by atoms with Crippen molar-refractivity contribution in [1.82, 2.24) is 10.3 Å². The number of amides is 1. The van der Waals surface area contributed by atoms with Gasteiger partial charge in [0.1, 0.15) is 11.4 Å². The Morgan fingerprint density at radius 1 is 1.05 bits per heavy atom. The number of aromatic carboxylic acids is 1. The van der Waals surface area contributed by atoms with E-state index in [9.17, 15) is 9.59 Å². The van der Waals surface area contributed by atoms with E-state index in [1.165, 1.54) is 25.3 Å². The summed E-state index contributed by atoms with van der Waals surface area (Å²) in [6.07, 6.45) is 7.97. The Morgan fingerprint density at radius 2 is 1.65 bits per heavy atom. The standard InChI is InChI=1S/C15H20N2O3/c18-14(12-9-6-10-13(17-12)15(19)20)16-11-7-4-2-1-3-5-8-11/h6,9-11H,1-5,7-8H2,(H,16,18)(H,19,20). The van der Waals surface area contributed by atoms with Crippen molar-refractivity contribution in [3.8, 4) is 0 Å². The lowest BCUT2D eigenvalue weighted by atomic mass is 9.96. The topological polar surface area (TPSA) is 79.3 Å². The molecule has 2 rings (SSSR count). The van der Waals surface area contributed by atoms with Gasteiger partial charge in [0.05, 0.1) is 0 Å². The summed E-state index contributed by atoms with van der Waals surface area (Å²) in [6, 6.07) is 4.65. The van der Waals surface area contributed by atoms with E-state index >= 15 is 0 Å². The van der Waals surface area contributed by atoms with Gasteiger partial charge in [-0.05, 0) is 25.0 Å². The van der Waals surface area contributed by atoms with Gasteiger partial charge < -0.3 is 10.4 Å².